The van der Waals surface area contributed by atoms with E-state index in [1.807, 2.05) is 38.1 Å². The van der Waals surface area contributed by atoms with E-state index in [2.05, 4.69) is 0 Å². The smallest absolute Gasteiger partial charge is 0.328 e. The third-order valence-electron chi connectivity index (χ3n) is 4.10. The van der Waals surface area contributed by atoms with E-state index in [0.717, 1.165) is 22.6 Å². The summed E-state index contributed by atoms with van der Waals surface area (Å²) in [5.41, 5.74) is 3.16. The van der Waals surface area contributed by atoms with Crippen LogP contribution in [0.5, 0.6) is 11.5 Å². The van der Waals surface area contributed by atoms with E-state index in [4.69, 9.17) is 30.6 Å². The molecule has 5 nitrogen and oxygen atoms in total. The molecule has 1 heterocycles. The van der Waals surface area contributed by atoms with Gasteiger partial charge in [0.1, 0.15) is 13.2 Å². The van der Waals surface area contributed by atoms with Crippen molar-refractivity contribution in [1.29, 1.82) is 0 Å². The topological polar surface area (TPSA) is 68.9 Å². The van der Waals surface area contributed by atoms with E-state index >= 15 is 0 Å². The molecule has 0 amide bonds. The number of allylic oxidation sites excluding steroid dienone is 1. The van der Waals surface area contributed by atoms with Gasteiger partial charge in [-0.1, -0.05) is 29.3 Å². The molecule has 0 saturated carbocycles. The second kappa shape index (κ2) is 9.34. The lowest BCUT2D eigenvalue weighted by atomic mass is 10.1. The van der Waals surface area contributed by atoms with E-state index in [1.54, 1.807) is 24.5 Å². The van der Waals surface area contributed by atoms with Gasteiger partial charge >= 0.3 is 5.97 Å². The fraction of sp³-hybridized carbons (Fsp3) is 0.174. The second-order valence-corrected chi connectivity index (χ2v) is 7.08. The number of ether oxygens (including phenoxy) is 2. The van der Waals surface area contributed by atoms with Crippen LogP contribution in [-0.2, 0) is 11.4 Å². The average molecular weight is 413 g/mol. The molecule has 2 aromatic carbocycles. The summed E-state index contributed by atoms with van der Waals surface area (Å²) in [4.78, 5) is 11.0. The first-order valence-electron chi connectivity index (χ1n) is 9.02. The van der Waals surface area contributed by atoms with Gasteiger partial charge in [-0.15, -0.1) is 0 Å². The molecule has 3 rings (SSSR count). The molecular formula is C23H21ClO5. The average Bonchev–Trinajstić information content (AvgIpc) is 3.14. The van der Waals surface area contributed by atoms with Crippen LogP contribution in [0.15, 0.2) is 64.8 Å². The van der Waals surface area contributed by atoms with Crippen molar-refractivity contribution in [3.63, 3.8) is 0 Å². The molecule has 0 unspecified atom stereocenters. The van der Waals surface area contributed by atoms with Gasteiger partial charge in [-0.2, -0.15) is 0 Å². The molecule has 0 spiro atoms. The van der Waals surface area contributed by atoms with Crippen LogP contribution in [0.25, 0.3) is 17.0 Å². The summed E-state index contributed by atoms with van der Waals surface area (Å²) in [6.07, 6.45) is 6.06. The molecule has 0 aliphatic rings. The number of carboxylic acids is 1. The Morgan fingerprint density at radius 1 is 1.14 bits per heavy atom. The predicted octanol–water partition coefficient (Wildman–Crippen LogP) is 6.11. The van der Waals surface area contributed by atoms with Crippen molar-refractivity contribution in [3.05, 3.63) is 76.5 Å². The Balaban J connectivity index is 2.02. The summed E-state index contributed by atoms with van der Waals surface area (Å²) in [6.45, 7) is 4.56. The Labute approximate surface area is 173 Å². The second-order valence-electron chi connectivity index (χ2n) is 6.64. The normalized spacial score (nSPS) is 11.0. The predicted molar refractivity (Wildman–Crippen MR) is 114 cm³/mol. The van der Waals surface area contributed by atoms with Crippen molar-refractivity contribution >= 4 is 34.6 Å². The fourth-order valence-electron chi connectivity index (χ4n) is 2.68. The third kappa shape index (κ3) is 5.42. The lowest BCUT2D eigenvalue weighted by Crippen LogP contribution is -2.03. The minimum Gasteiger partial charge on any atom is -0.484 e. The van der Waals surface area contributed by atoms with Gasteiger partial charge in [-0.05, 0) is 55.8 Å². The van der Waals surface area contributed by atoms with E-state index in [1.165, 1.54) is 6.08 Å². The number of hydrogen-bond donors (Lipinski definition) is 1. The number of aliphatic carboxylic acids is 1. The first-order valence-corrected chi connectivity index (χ1v) is 9.40. The maximum atomic E-state index is 11.0. The Hall–Kier alpha value is -3.18. The molecule has 1 aromatic heterocycles. The molecule has 29 heavy (non-hydrogen) atoms. The molecule has 3 aromatic rings. The van der Waals surface area contributed by atoms with Crippen LogP contribution < -0.4 is 9.47 Å². The van der Waals surface area contributed by atoms with E-state index in [0.29, 0.717) is 34.3 Å². The Bertz CT molecular complexity index is 1060. The maximum Gasteiger partial charge on any atom is 0.328 e. The van der Waals surface area contributed by atoms with Crippen LogP contribution in [0.2, 0.25) is 5.02 Å². The quantitative estimate of drug-likeness (QED) is 0.357. The molecule has 0 atom stereocenters. The molecule has 1 N–H and O–H groups in total. The van der Waals surface area contributed by atoms with Gasteiger partial charge in [0.15, 0.2) is 11.3 Å². The monoisotopic (exact) mass is 412 g/mol. The molecule has 0 saturated heterocycles. The molecule has 6 heteroatoms. The minimum atomic E-state index is -1.05. The highest BCUT2D eigenvalue weighted by molar-refractivity contribution is 6.30. The number of fused-ring (bicyclic) bond motifs is 1. The van der Waals surface area contributed by atoms with Gasteiger partial charge in [0.25, 0.3) is 0 Å². The highest BCUT2D eigenvalue weighted by atomic mass is 35.5. The van der Waals surface area contributed by atoms with Crippen LogP contribution >= 0.6 is 11.6 Å². The van der Waals surface area contributed by atoms with Gasteiger partial charge in [-0.3, -0.25) is 0 Å². The van der Waals surface area contributed by atoms with Crippen LogP contribution in [-0.4, -0.2) is 17.7 Å². The van der Waals surface area contributed by atoms with Crippen LogP contribution in [0, 0.1) is 0 Å². The van der Waals surface area contributed by atoms with Crippen LogP contribution in [0.3, 0.4) is 0 Å². The Morgan fingerprint density at radius 2 is 1.90 bits per heavy atom. The van der Waals surface area contributed by atoms with E-state index in [9.17, 15) is 4.79 Å². The minimum absolute atomic E-state index is 0.260. The molecule has 0 bridgehead atoms. The number of hydrogen-bond acceptors (Lipinski definition) is 4. The largest absolute Gasteiger partial charge is 0.484 e. The standard InChI is InChI=1S/C23H21ClO5/c1-15(2)9-11-28-23-21-18(10-12-27-21)13-17(5-8-20(25)26)22(23)29-14-16-3-6-19(24)7-4-16/h3-10,12-13H,11,14H2,1-2H3,(H,25,26). The lowest BCUT2D eigenvalue weighted by Gasteiger charge is -2.15. The van der Waals surface area contributed by atoms with Gasteiger partial charge in [0, 0.05) is 22.0 Å². The number of benzene rings is 2. The van der Waals surface area contributed by atoms with Crippen molar-refractivity contribution in [2.24, 2.45) is 0 Å². The molecular weight excluding hydrogens is 392 g/mol. The molecule has 0 radical (unpaired) electrons. The fourth-order valence-corrected chi connectivity index (χ4v) is 2.80. The Kier molecular flexibility index (Phi) is 6.62. The summed E-state index contributed by atoms with van der Waals surface area (Å²) in [6, 6.07) is 10.9. The lowest BCUT2D eigenvalue weighted by molar-refractivity contribution is -0.131. The maximum absolute atomic E-state index is 11.0. The molecule has 0 fully saturated rings. The number of halogens is 1. The highest BCUT2D eigenvalue weighted by Gasteiger charge is 2.18. The van der Waals surface area contributed by atoms with Crippen molar-refractivity contribution in [1.82, 2.24) is 0 Å². The van der Waals surface area contributed by atoms with Crippen LogP contribution in [0.4, 0.5) is 0 Å². The first kappa shape index (κ1) is 20.6. The first-order chi connectivity index (χ1) is 13.9. The zero-order valence-corrected chi connectivity index (χ0v) is 16.9. The van der Waals surface area contributed by atoms with E-state index in [-0.39, 0.29) is 6.61 Å². The number of carboxylic acid groups (broad SMARTS) is 1. The van der Waals surface area contributed by atoms with Gasteiger partial charge in [0.2, 0.25) is 5.75 Å². The van der Waals surface area contributed by atoms with Crippen LogP contribution in [0.1, 0.15) is 25.0 Å². The summed E-state index contributed by atoms with van der Waals surface area (Å²) >= 11 is 5.94. The highest BCUT2D eigenvalue weighted by Crippen LogP contribution is 2.41. The zero-order chi connectivity index (χ0) is 20.8. The number of rotatable bonds is 8. The van der Waals surface area contributed by atoms with E-state index < -0.39 is 5.97 Å². The van der Waals surface area contributed by atoms with Gasteiger partial charge < -0.3 is 19.0 Å². The van der Waals surface area contributed by atoms with Crippen molar-refractivity contribution in [2.75, 3.05) is 6.61 Å². The van der Waals surface area contributed by atoms with Crippen molar-refractivity contribution < 1.29 is 23.8 Å². The SMILES string of the molecule is CC(C)=CCOc1c(OCc2ccc(Cl)cc2)c(C=CC(=O)O)cc2ccoc12. The van der Waals surface area contributed by atoms with Gasteiger partial charge in [0.05, 0.1) is 6.26 Å². The third-order valence-corrected chi connectivity index (χ3v) is 4.35. The summed E-state index contributed by atoms with van der Waals surface area (Å²) < 4.78 is 17.7. The number of carbonyl (C=O) groups is 1. The summed E-state index contributed by atoms with van der Waals surface area (Å²) in [5.74, 6) is -0.195. The van der Waals surface area contributed by atoms with Gasteiger partial charge in [-0.25, -0.2) is 4.79 Å². The summed E-state index contributed by atoms with van der Waals surface area (Å²) in [5, 5.41) is 10.5. The zero-order valence-electron chi connectivity index (χ0n) is 16.1. The summed E-state index contributed by atoms with van der Waals surface area (Å²) in [7, 11) is 0. The van der Waals surface area contributed by atoms with Crippen molar-refractivity contribution in [3.8, 4) is 11.5 Å². The molecule has 150 valence electrons. The number of furan rings is 1. The Morgan fingerprint density at radius 3 is 2.59 bits per heavy atom. The molecule has 0 aliphatic carbocycles. The van der Waals surface area contributed by atoms with Crippen molar-refractivity contribution in [2.45, 2.75) is 20.5 Å². The molecule has 0 aliphatic heterocycles.